The van der Waals surface area contributed by atoms with E-state index < -0.39 is 30.1 Å². The molecule has 0 bridgehead atoms. The maximum Gasteiger partial charge on any atom is 0.280 e. The summed E-state index contributed by atoms with van der Waals surface area (Å²) in [5, 5.41) is 10.8. The van der Waals surface area contributed by atoms with Crippen molar-refractivity contribution in [1.82, 2.24) is 24.4 Å². The molecule has 1 N–H and O–H groups in total. The van der Waals surface area contributed by atoms with Gasteiger partial charge in [-0.15, -0.1) is 0 Å². The van der Waals surface area contributed by atoms with Gasteiger partial charge in [-0.25, -0.2) is 31.5 Å². The normalized spacial score (nSPS) is 11.7. The molecular formula is C21H17F5N6O. The second-order valence-corrected chi connectivity index (χ2v) is 7.29. The van der Waals surface area contributed by atoms with Gasteiger partial charge in [0.2, 0.25) is 0 Å². The van der Waals surface area contributed by atoms with Gasteiger partial charge in [-0.2, -0.15) is 10.2 Å². The summed E-state index contributed by atoms with van der Waals surface area (Å²) in [4.78, 5) is 16.4. The van der Waals surface area contributed by atoms with Crippen molar-refractivity contribution in [3.8, 4) is 0 Å². The lowest BCUT2D eigenvalue weighted by Gasteiger charge is -2.07. The number of alkyl halides is 4. The van der Waals surface area contributed by atoms with Crippen molar-refractivity contribution < 1.29 is 26.7 Å². The first kappa shape index (κ1) is 22.4. The standard InChI is InChI=1S/C21H17F5N6O/c1-10-18(11(2)31(29-10)9-12-4-3-5-13(22)6-12)28-21(33)15-8-17-27-14(19(23)24)7-16(20(25)26)32(17)30-15/h3-8,19-20H,9H2,1-2H3,(H,28,33). The maximum absolute atomic E-state index is 13.5. The van der Waals surface area contributed by atoms with E-state index in [1.165, 1.54) is 12.1 Å². The number of amides is 1. The fraction of sp³-hybridized carbons (Fsp3) is 0.238. The zero-order valence-corrected chi connectivity index (χ0v) is 17.4. The lowest BCUT2D eigenvalue weighted by Crippen LogP contribution is -2.14. The quantitative estimate of drug-likeness (QED) is 0.414. The smallest absolute Gasteiger partial charge is 0.280 e. The third-order valence-electron chi connectivity index (χ3n) is 5.00. The van der Waals surface area contributed by atoms with E-state index in [-0.39, 0.29) is 23.7 Å². The molecule has 0 aliphatic carbocycles. The van der Waals surface area contributed by atoms with E-state index in [0.29, 0.717) is 33.2 Å². The molecule has 3 heterocycles. The van der Waals surface area contributed by atoms with Gasteiger partial charge in [-0.05, 0) is 37.6 Å². The number of nitrogens with zero attached hydrogens (tertiary/aromatic N) is 5. The average Bonchev–Trinajstić information content (AvgIpc) is 3.29. The Morgan fingerprint density at radius 1 is 1.06 bits per heavy atom. The van der Waals surface area contributed by atoms with Crippen LogP contribution in [0.1, 0.15) is 51.7 Å². The third kappa shape index (κ3) is 4.41. The van der Waals surface area contributed by atoms with Gasteiger partial charge in [-0.1, -0.05) is 12.1 Å². The predicted octanol–water partition coefficient (Wildman–Crippen LogP) is 4.86. The summed E-state index contributed by atoms with van der Waals surface area (Å²) in [7, 11) is 0. The molecule has 7 nitrogen and oxygen atoms in total. The molecule has 0 atom stereocenters. The molecule has 0 fully saturated rings. The van der Waals surface area contributed by atoms with E-state index in [1.807, 2.05) is 0 Å². The molecule has 172 valence electrons. The Morgan fingerprint density at radius 2 is 1.82 bits per heavy atom. The largest absolute Gasteiger partial charge is 0.317 e. The molecule has 12 heteroatoms. The highest BCUT2D eigenvalue weighted by Crippen LogP contribution is 2.26. The molecule has 3 aromatic heterocycles. The van der Waals surface area contributed by atoms with Crippen molar-refractivity contribution in [2.24, 2.45) is 0 Å². The van der Waals surface area contributed by atoms with Crippen LogP contribution in [0, 0.1) is 19.7 Å². The number of anilines is 1. The van der Waals surface area contributed by atoms with Crippen molar-refractivity contribution in [3.05, 3.63) is 76.2 Å². The van der Waals surface area contributed by atoms with Crippen LogP contribution < -0.4 is 5.32 Å². The first-order valence-corrected chi connectivity index (χ1v) is 9.70. The van der Waals surface area contributed by atoms with Crippen LogP contribution in [0.5, 0.6) is 0 Å². The van der Waals surface area contributed by atoms with Crippen molar-refractivity contribution in [1.29, 1.82) is 0 Å². The Balaban J connectivity index is 1.63. The number of hydrogen-bond donors (Lipinski definition) is 1. The van der Waals surface area contributed by atoms with Gasteiger partial charge in [0, 0.05) is 6.07 Å². The van der Waals surface area contributed by atoms with E-state index in [1.54, 1.807) is 30.7 Å². The van der Waals surface area contributed by atoms with Crippen molar-refractivity contribution >= 4 is 17.2 Å². The molecule has 1 aromatic carbocycles. The van der Waals surface area contributed by atoms with Gasteiger partial charge in [0.15, 0.2) is 11.3 Å². The molecule has 1 amide bonds. The fourth-order valence-electron chi connectivity index (χ4n) is 3.41. The zero-order valence-electron chi connectivity index (χ0n) is 17.4. The molecule has 4 aromatic rings. The van der Waals surface area contributed by atoms with Crippen LogP contribution >= 0.6 is 0 Å². The summed E-state index contributed by atoms with van der Waals surface area (Å²) < 4.78 is 68.4. The Hall–Kier alpha value is -3.83. The molecule has 0 unspecified atom stereocenters. The van der Waals surface area contributed by atoms with Crippen molar-refractivity contribution in [3.63, 3.8) is 0 Å². The highest BCUT2D eigenvalue weighted by molar-refractivity contribution is 6.04. The van der Waals surface area contributed by atoms with E-state index in [2.05, 4.69) is 20.5 Å². The summed E-state index contributed by atoms with van der Waals surface area (Å²) >= 11 is 0. The molecule has 4 rings (SSSR count). The van der Waals surface area contributed by atoms with E-state index in [4.69, 9.17) is 0 Å². The Bertz CT molecular complexity index is 1350. The summed E-state index contributed by atoms with van der Waals surface area (Å²) in [6.45, 7) is 3.61. The van der Waals surface area contributed by atoms with E-state index in [0.717, 1.165) is 6.07 Å². The molecular weight excluding hydrogens is 447 g/mol. The second kappa shape index (κ2) is 8.60. The second-order valence-electron chi connectivity index (χ2n) is 7.29. The Kier molecular flexibility index (Phi) is 5.83. The van der Waals surface area contributed by atoms with Gasteiger partial charge in [0.1, 0.15) is 17.2 Å². The van der Waals surface area contributed by atoms with Crippen molar-refractivity contribution in [2.45, 2.75) is 33.2 Å². The minimum absolute atomic E-state index is 0.257. The monoisotopic (exact) mass is 464 g/mol. The van der Waals surface area contributed by atoms with Crippen molar-refractivity contribution in [2.75, 3.05) is 5.32 Å². The minimum atomic E-state index is -3.10. The van der Waals surface area contributed by atoms with Crippen LogP contribution in [0.2, 0.25) is 0 Å². The van der Waals surface area contributed by atoms with Crippen LogP contribution in [0.15, 0.2) is 36.4 Å². The lowest BCUT2D eigenvalue weighted by atomic mass is 10.2. The number of carbonyl (C=O) groups is 1. The summed E-state index contributed by atoms with van der Waals surface area (Å²) in [5.74, 6) is -1.14. The van der Waals surface area contributed by atoms with Gasteiger partial charge in [-0.3, -0.25) is 9.48 Å². The molecule has 0 radical (unpaired) electrons. The maximum atomic E-state index is 13.5. The fourth-order valence-corrected chi connectivity index (χ4v) is 3.41. The van der Waals surface area contributed by atoms with Gasteiger partial charge in [0.25, 0.3) is 18.8 Å². The summed E-state index contributed by atoms with van der Waals surface area (Å²) in [6.07, 6.45) is -6.16. The van der Waals surface area contributed by atoms with Gasteiger partial charge in [0.05, 0.1) is 23.6 Å². The molecule has 0 spiro atoms. The van der Waals surface area contributed by atoms with Gasteiger partial charge >= 0.3 is 0 Å². The lowest BCUT2D eigenvalue weighted by molar-refractivity contribution is 0.102. The van der Waals surface area contributed by atoms with Gasteiger partial charge < -0.3 is 5.32 Å². The number of benzene rings is 1. The minimum Gasteiger partial charge on any atom is -0.317 e. The third-order valence-corrected chi connectivity index (χ3v) is 5.00. The number of carbonyl (C=O) groups excluding carboxylic acids is 1. The van der Waals surface area contributed by atoms with Crippen LogP contribution in [0.4, 0.5) is 27.6 Å². The highest BCUT2D eigenvalue weighted by atomic mass is 19.3. The summed E-state index contributed by atoms with van der Waals surface area (Å²) in [5.41, 5.74) is -0.161. The van der Waals surface area contributed by atoms with E-state index in [9.17, 15) is 26.7 Å². The molecule has 33 heavy (non-hydrogen) atoms. The van der Waals surface area contributed by atoms with Crippen LogP contribution in [0.25, 0.3) is 5.65 Å². The van der Waals surface area contributed by atoms with Crippen LogP contribution in [-0.4, -0.2) is 30.3 Å². The predicted molar refractivity (Wildman–Crippen MR) is 108 cm³/mol. The molecule has 0 saturated heterocycles. The van der Waals surface area contributed by atoms with E-state index >= 15 is 0 Å². The highest BCUT2D eigenvalue weighted by Gasteiger charge is 2.23. The number of aryl methyl sites for hydroxylation is 1. The number of rotatable bonds is 6. The number of halogens is 5. The average molecular weight is 464 g/mol. The Labute approximate surface area is 183 Å². The number of nitrogens with one attached hydrogen (secondary N) is 1. The number of hydrogen-bond acceptors (Lipinski definition) is 4. The first-order chi connectivity index (χ1) is 15.6. The summed E-state index contributed by atoms with van der Waals surface area (Å²) in [6, 6.07) is 7.60. The number of aromatic nitrogens is 5. The first-order valence-electron chi connectivity index (χ1n) is 9.70. The molecule has 0 saturated carbocycles. The Morgan fingerprint density at radius 3 is 2.48 bits per heavy atom. The van der Waals surface area contributed by atoms with Crippen LogP contribution in [0.3, 0.4) is 0 Å². The molecule has 0 aliphatic heterocycles. The zero-order chi connectivity index (χ0) is 23.9. The SMILES string of the molecule is Cc1nn(Cc2cccc(F)c2)c(C)c1NC(=O)c1cc2nc(C(F)F)cc(C(F)F)n2n1. The molecule has 0 aliphatic rings. The number of fused-ring (bicyclic) bond motifs is 1. The van der Waals surface area contributed by atoms with Crippen LogP contribution in [-0.2, 0) is 6.54 Å². The topological polar surface area (TPSA) is 77.1 Å².